The van der Waals surface area contributed by atoms with Crippen molar-refractivity contribution < 1.29 is 14.3 Å². The largest absolute Gasteiger partial charge is 0.481 e. The lowest BCUT2D eigenvalue weighted by molar-refractivity contribution is -0.136. The zero-order chi connectivity index (χ0) is 21.8. The molecule has 0 bridgehead atoms. The Balaban J connectivity index is 1.95. The molecule has 3 rings (SSSR count). The van der Waals surface area contributed by atoms with Crippen LogP contribution in [0, 0.1) is 5.92 Å². The average molecular weight is 409 g/mol. The van der Waals surface area contributed by atoms with E-state index < -0.39 is 6.10 Å². The van der Waals surface area contributed by atoms with Crippen LogP contribution in [0.4, 0.5) is 0 Å². The number of fused-ring (bicyclic) bond motifs is 1. The van der Waals surface area contributed by atoms with Crippen LogP contribution in [0.5, 0.6) is 5.75 Å². The summed E-state index contributed by atoms with van der Waals surface area (Å²) in [6.45, 7) is 10.2. The Morgan fingerprint density at radius 2 is 1.73 bits per heavy atom. The third-order valence-corrected chi connectivity index (χ3v) is 5.35. The lowest BCUT2D eigenvalue weighted by atomic mass is 9.87. The third kappa shape index (κ3) is 4.84. The van der Waals surface area contributed by atoms with Crippen molar-refractivity contribution in [3.63, 3.8) is 0 Å². The van der Waals surface area contributed by atoms with Gasteiger partial charge < -0.3 is 15.0 Å². The van der Waals surface area contributed by atoms with Gasteiger partial charge in [0.25, 0.3) is 5.91 Å². The first-order valence-corrected chi connectivity index (χ1v) is 10.7. The Morgan fingerprint density at radius 1 is 1.03 bits per heavy atom. The van der Waals surface area contributed by atoms with Crippen LogP contribution >= 0.6 is 0 Å². The fourth-order valence-electron chi connectivity index (χ4n) is 3.89. The number of rotatable bonds is 6. The highest BCUT2D eigenvalue weighted by Gasteiger charge is 2.33. The molecule has 0 aromatic heterocycles. The van der Waals surface area contributed by atoms with Crippen LogP contribution in [-0.4, -0.2) is 35.4 Å². The number of benzene rings is 2. The van der Waals surface area contributed by atoms with Gasteiger partial charge >= 0.3 is 0 Å². The number of carbonyl (C=O) groups is 2. The molecular formula is C25H32N2O3. The van der Waals surface area contributed by atoms with E-state index >= 15 is 0 Å². The first kappa shape index (κ1) is 21.9. The van der Waals surface area contributed by atoms with Crippen molar-refractivity contribution in [1.29, 1.82) is 0 Å². The Hall–Kier alpha value is -2.82. The van der Waals surface area contributed by atoms with Gasteiger partial charge in [-0.15, -0.1) is 0 Å². The van der Waals surface area contributed by atoms with Gasteiger partial charge in [0, 0.05) is 18.5 Å². The Kier molecular flexibility index (Phi) is 6.80. The van der Waals surface area contributed by atoms with E-state index in [1.165, 1.54) is 5.56 Å². The summed E-state index contributed by atoms with van der Waals surface area (Å²) in [6.07, 6.45) is 0.207. The second-order valence-electron chi connectivity index (χ2n) is 8.53. The summed E-state index contributed by atoms with van der Waals surface area (Å²) in [5, 5.41) is 2.88. The van der Waals surface area contributed by atoms with E-state index in [0.717, 1.165) is 17.5 Å². The van der Waals surface area contributed by atoms with Gasteiger partial charge in [-0.2, -0.15) is 0 Å². The van der Waals surface area contributed by atoms with Crippen LogP contribution in [0.2, 0.25) is 0 Å². The molecule has 0 saturated heterocycles. The normalized spacial score (nSPS) is 16.9. The molecule has 2 aromatic carbocycles. The van der Waals surface area contributed by atoms with Gasteiger partial charge in [-0.05, 0) is 56.0 Å². The highest BCUT2D eigenvalue weighted by molar-refractivity contribution is 5.81. The molecular weight excluding hydrogens is 376 g/mol. The minimum atomic E-state index is -0.599. The van der Waals surface area contributed by atoms with E-state index in [0.29, 0.717) is 12.3 Å². The van der Waals surface area contributed by atoms with E-state index in [1.807, 2.05) is 62.9 Å². The van der Waals surface area contributed by atoms with Crippen molar-refractivity contribution in [3.05, 3.63) is 65.2 Å². The number of amides is 2. The van der Waals surface area contributed by atoms with E-state index in [9.17, 15) is 9.59 Å². The highest BCUT2D eigenvalue weighted by Crippen LogP contribution is 2.38. The van der Waals surface area contributed by atoms with Crippen LogP contribution in [0.25, 0.3) is 0 Å². The lowest BCUT2D eigenvalue weighted by Crippen LogP contribution is -2.42. The third-order valence-electron chi connectivity index (χ3n) is 5.35. The van der Waals surface area contributed by atoms with Crippen LogP contribution in [-0.2, 0) is 16.0 Å². The van der Waals surface area contributed by atoms with Gasteiger partial charge in [0.15, 0.2) is 6.10 Å². The standard InChI is InChI=1S/C25H32N2O3/c1-16(2)25(29)27-14-13-19-11-12-21(30-18(5)24(28)26-17(3)4)15-22(19)23(27)20-9-7-6-8-10-20/h6-12,15-18,23H,13-14H2,1-5H3,(H,26,28)/t18-,23-/m1/s1. The zero-order valence-electron chi connectivity index (χ0n) is 18.5. The summed E-state index contributed by atoms with van der Waals surface area (Å²) in [6, 6.07) is 16.0. The minimum absolute atomic E-state index is 0.0603. The van der Waals surface area contributed by atoms with Crippen molar-refractivity contribution in [3.8, 4) is 5.75 Å². The lowest BCUT2D eigenvalue weighted by Gasteiger charge is -2.39. The van der Waals surface area contributed by atoms with Gasteiger partial charge in [-0.3, -0.25) is 9.59 Å². The van der Waals surface area contributed by atoms with Gasteiger partial charge in [0.05, 0.1) is 6.04 Å². The van der Waals surface area contributed by atoms with Crippen LogP contribution < -0.4 is 10.1 Å². The molecule has 30 heavy (non-hydrogen) atoms. The fourth-order valence-corrected chi connectivity index (χ4v) is 3.89. The molecule has 1 aliphatic heterocycles. The van der Waals surface area contributed by atoms with Gasteiger partial charge in [0.2, 0.25) is 5.91 Å². The predicted molar refractivity (Wildman–Crippen MR) is 118 cm³/mol. The molecule has 0 saturated carbocycles. The summed E-state index contributed by atoms with van der Waals surface area (Å²) >= 11 is 0. The van der Waals surface area contributed by atoms with E-state index in [2.05, 4.69) is 23.5 Å². The molecule has 0 unspecified atom stereocenters. The maximum Gasteiger partial charge on any atom is 0.260 e. The zero-order valence-corrected chi connectivity index (χ0v) is 18.5. The second-order valence-corrected chi connectivity index (χ2v) is 8.53. The van der Waals surface area contributed by atoms with Crippen molar-refractivity contribution in [1.82, 2.24) is 10.2 Å². The van der Waals surface area contributed by atoms with Gasteiger partial charge in [-0.25, -0.2) is 0 Å². The van der Waals surface area contributed by atoms with Crippen LogP contribution in [0.3, 0.4) is 0 Å². The Bertz CT molecular complexity index is 893. The highest BCUT2D eigenvalue weighted by atomic mass is 16.5. The molecule has 1 aliphatic rings. The number of carbonyl (C=O) groups excluding carboxylic acids is 2. The number of ether oxygens (including phenoxy) is 1. The minimum Gasteiger partial charge on any atom is -0.481 e. The Labute approximate surface area is 179 Å². The molecule has 0 spiro atoms. The number of nitrogens with one attached hydrogen (secondary N) is 1. The second kappa shape index (κ2) is 9.33. The summed E-state index contributed by atoms with van der Waals surface area (Å²) in [5.41, 5.74) is 3.36. The maximum atomic E-state index is 13.0. The molecule has 1 N–H and O–H groups in total. The van der Waals surface area contributed by atoms with Crippen molar-refractivity contribution >= 4 is 11.8 Å². The molecule has 2 aromatic rings. The summed E-state index contributed by atoms with van der Waals surface area (Å²) in [4.78, 5) is 27.2. The molecule has 5 heteroatoms. The number of hydrogen-bond donors (Lipinski definition) is 1. The first-order chi connectivity index (χ1) is 14.3. The SMILES string of the molecule is CC(C)NC(=O)[C@@H](C)Oc1ccc2c(c1)[C@@H](c1ccccc1)N(C(=O)C(C)C)CC2. The molecule has 0 fully saturated rings. The summed E-state index contributed by atoms with van der Waals surface area (Å²) in [5.74, 6) is 0.571. The van der Waals surface area contributed by atoms with Crippen LogP contribution in [0.15, 0.2) is 48.5 Å². The molecule has 0 aliphatic carbocycles. The van der Waals surface area contributed by atoms with Crippen molar-refractivity contribution in [2.24, 2.45) is 5.92 Å². The van der Waals surface area contributed by atoms with E-state index in [1.54, 1.807) is 6.92 Å². The topological polar surface area (TPSA) is 58.6 Å². The molecule has 160 valence electrons. The monoisotopic (exact) mass is 408 g/mol. The fraction of sp³-hybridized carbons (Fsp3) is 0.440. The van der Waals surface area contributed by atoms with Crippen molar-refractivity contribution in [2.75, 3.05) is 6.54 Å². The maximum absolute atomic E-state index is 13.0. The molecule has 1 heterocycles. The first-order valence-electron chi connectivity index (χ1n) is 10.7. The predicted octanol–water partition coefficient (Wildman–Crippen LogP) is 4.11. The summed E-state index contributed by atoms with van der Waals surface area (Å²) < 4.78 is 5.95. The smallest absolute Gasteiger partial charge is 0.260 e. The number of hydrogen-bond acceptors (Lipinski definition) is 3. The Morgan fingerprint density at radius 3 is 2.37 bits per heavy atom. The van der Waals surface area contributed by atoms with E-state index in [-0.39, 0.29) is 29.8 Å². The van der Waals surface area contributed by atoms with Crippen LogP contribution in [0.1, 0.15) is 57.4 Å². The molecule has 2 amide bonds. The van der Waals surface area contributed by atoms with Crippen molar-refractivity contribution in [2.45, 2.75) is 59.2 Å². The molecule has 5 nitrogen and oxygen atoms in total. The van der Waals surface area contributed by atoms with Gasteiger partial charge in [0.1, 0.15) is 5.75 Å². The van der Waals surface area contributed by atoms with Gasteiger partial charge in [-0.1, -0.05) is 50.2 Å². The summed E-state index contributed by atoms with van der Waals surface area (Å²) in [7, 11) is 0. The quantitative estimate of drug-likeness (QED) is 0.783. The average Bonchev–Trinajstić information content (AvgIpc) is 2.72. The molecule has 2 atom stereocenters. The number of nitrogens with zero attached hydrogens (tertiary/aromatic N) is 1. The molecule has 0 radical (unpaired) electrons. The van der Waals surface area contributed by atoms with E-state index in [4.69, 9.17) is 4.74 Å².